The molecular weight excluding hydrogens is 630 g/mol. The molecule has 9 heteroatoms. The van der Waals surface area contributed by atoms with E-state index in [0.29, 0.717) is 22.4 Å². The van der Waals surface area contributed by atoms with Crippen molar-refractivity contribution in [2.75, 3.05) is 13.2 Å². The smallest absolute Gasteiger partial charge is 0.344 e. The summed E-state index contributed by atoms with van der Waals surface area (Å²) in [5.41, 5.74) is 2.81. The molecule has 0 aromatic heterocycles. The van der Waals surface area contributed by atoms with Crippen molar-refractivity contribution in [2.45, 2.75) is 13.8 Å². The lowest BCUT2D eigenvalue weighted by atomic mass is 10.2. The Hall–Kier alpha value is -1.60. The summed E-state index contributed by atoms with van der Waals surface area (Å²) in [5, 5.41) is 3.35. The lowest BCUT2D eigenvalue weighted by molar-refractivity contribution is -0.145. The Morgan fingerprint density at radius 3 is 2.50 bits per heavy atom. The van der Waals surface area contributed by atoms with Crippen molar-refractivity contribution in [1.82, 2.24) is 5.32 Å². The maximum absolute atomic E-state index is 12.3. The van der Waals surface area contributed by atoms with Gasteiger partial charge in [0.15, 0.2) is 11.8 Å². The molecule has 1 heterocycles. The number of esters is 1. The van der Waals surface area contributed by atoms with Crippen LogP contribution in [0.25, 0.3) is 6.08 Å². The molecule has 30 heavy (non-hydrogen) atoms. The topological polar surface area (TPSA) is 77.0 Å². The fourth-order valence-corrected chi connectivity index (χ4v) is 5.47. The molecule has 1 fully saturated rings. The molecule has 1 saturated heterocycles. The lowest BCUT2D eigenvalue weighted by Crippen LogP contribution is -2.19. The Morgan fingerprint density at radius 1 is 1.20 bits per heavy atom. The van der Waals surface area contributed by atoms with Gasteiger partial charge in [-0.25, -0.2) is 9.79 Å². The van der Waals surface area contributed by atoms with E-state index in [1.54, 1.807) is 6.92 Å². The molecule has 6 nitrogen and oxygen atoms in total. The molecule has 2 aromatic rings. The number of aliphatic imine (C=N–C) groups is 1. The normalized spacial score (nSPS) is 16.1. The fourth-order valence-electron chi connectivity index (χ4n) is 2.50. The molecule has 0 bridgehead atoms. The number of ether oxygens (including phenoxy) is 2. The first-order valence-electron chi connectivity index (χ1n) is 8.99. The van der Waals surface area contributed by atoms with Crippen LogP contribution in [0.2, 0.25) is 0 Å². The van der Waals surface area contributed by atoms with Crippen molar-refractivity contribution in [1.29, 1.82) is 0 Å². The summed E-state index contributed by atoms with van der Waals surface area (Å²) in [6.07, 6.45) is 1.82. The lowest BCUT2D eigenvalue weighted by Gasteiger charge is -2.11. The first-order chi connectivity index (χ1) is 14.4. The van der Waals surface area contributed by atoms with Crippen LogP contribution in [-0.2, 0) is 14.3 Å². The van der Waals surface area contributed by atoms with Crippen LogP contribution in [0.5, 0.6) is 5.75 Å². The van der Waals surface area contributed by atoms with Gasteiger partial charge in [0, 0.05) is 0 Å². The third kappa shape index (κ3) is 6.20. The first kappa shape index (κ1) is 23.1. The number of hydrogen-bond donors (Lipinski definition) is 1. The second kappa shape index (κ2) is 10.6. The average molecular weight is 648 g/mol. The number of amides is 1. The summed E-state index contributed by atoms with van der Waals surface area (Å²) in [4.78, 5) is 28.9. The van der Waals surface area contributed by atoms with Crippen LogP contribution < -0.4 is 10.1 Å². The molecule has 2 aromatic carbocycles. The Morgan fingerprint density at radius 2 is 1.87 bits per heavy atom. The van der Waals surface area contributed by atoms with Crippen LogP contribution in [0.15, 0.2) is 46.3 Å². The number of nitrogens with one attached hydrogen (secondary N) is 1. The highest BCUT2D eigenvalue weighted by atomic mass is 127. The van der Waals surface area contributed by atoms with E-state index in [1.807, 2.05) is 49.4 Å². The van der Waals surface area contributed by atoms with Crippen LogP contribution in [0.1, 0.15) is 18.1 Å². The number of thioether (sulfide) groups is 1. The van der Waals surface area contributed by atoms with E-state index >= 15 is 0 Å². The maximum atomic E-state index is 12.3. The van der Waals surface area contributed by atoms with Gasteiger partial charge in [0.1, 0.15) is 5.75 Å². The fraction of sp³-hybridized carbons (Fsp3) is 0.190. The van der Waals surface area contributed by atoms with E-state index in [0.717, 1.165) is 24.0 Å². The second-order valence-corrected chi connectivity index (χ2v) is 9.58. The zero-order valence-electron chi connectivity index (χ0n) is 16.2. The van der Waals surface area contributed by atoms with Crippen LogP contribution in [0.3, 0.4) is 0 Å². The summed E-state index contributed by atoms with van der Waals surface area (Å²) in [6.45, 7) is 3.94. The zero-order chi connectivity index (χ0) is 21.7. The predicted octanol–water partition coefficient (Wildman–Crippen LogP) is 5.04. The number of halogens is 2. The summed E-state index contributed by atoms with van der Waals surface area (Å²) in [6, 6.07) is 11.6. The molecule has 3 rings (SSSR count). The van der Waals surface area contributed by atoms with Gasteiger partial charge in [-0.3, -0.25) is 4.79 Å². The van der Waals surface area contributed by atoms with E-state index in [4.69, 9.17) is 9.47 Å². The maximum Gasteiger partial charge on any atom is 0.344 e. The highest BCUT2D eigenvalue weighted by molar-refractivity contribution is 14.1. The molecule has 1 aliphatic heterocycles. The van der Waals surface area contributed by atoms with E-state index in [1.165, 1.54) is 11.8 Å². The van der Waals surface area contributed by atoms with Gasteiger partial charge in [-0.2, -0.15) is 0 Å². The minimum absolute atomic E-state index is 0.141. The largest absolute Gasteiger partial charge is 0.480 e. The van der Waals surface area contributed by atoms with E-state index in [2.05, 4.69) is 55.5 Å². The summed E-state index contributed by atoms with van der Waals surface area (Å²) >= 11 is 5.60. The number of amidine groups is 1. The molecule has 0 unspecified atom stereocenters. The number of benzene rings is 2. The number of rotatable bonds is 6. The van der Waals surface area contributed by atoms with Crippen molar-refractivity contribution in [3.8, 4) is 5.75 Å². The molecule has 0 radical (unpaired) electrons. The zero-order valence-corrected chi connectivity index (χ0v) is 21.3. The van der Waals surface area contributed by atoms with Gasteiger partial charge in [-0.1, -0.05) is 17.7 Å². The van der Waals surface area contributed by atoms with Gasteiger partial charge in [-0.15, -0.1) is 0 Å². The molecule has 1 N–H and O–H groups in total. The van der Waals surface area contributed by atoms with Crippen molar-refractivity contribution in [2.24, 2.45) is 4.99 Å². The van der Waals surface area contributed by atoms with Crippen LogP contribution >= 0.6 is 56.9 Å². The highest BCUT2D eigenvalue weighted by Crippen LogP contribution is 2.32. The van der Waals surface area contributed by atoms with Gasteiger partial charge in [0.25, 0.3) is 5.91 Å². The molecule has 1 amide bonds. The summed E-state index contributed by atoms with van der Waals surface area (Å²) < 4.78 is 12.2. The Labute approximate surface area is 206 Å². The Bertz CT molecular complexity index is 1010. The van der Waals surface area contributed by atoms with Crippen LogP contribution in [-0.4, -0.2) is 30.3 Å². The molecule has 0 aliphatic carbocycles. The van der Waals surface area contributed by atoms with Gasteiger partial charge >= 0.3 is 5.97 Å². The third-order valence-electron chi connectivity index (χ3n) is 3.87. The SMILES string of the molecule is CCOC(=O)COc1c(I)cc(/C=C2/SC(=Nc3ccc(C)cc3)NC2=O)cc1I. The number of aryl methyl sites for hydroxylation is 1. The van der Waals surface area contributed by atoms with Gasteiger partial charge < -0.3 is 14.8 Å². The standard InChI is InChI=1S/C21H18I2N2O4S/c1-3-28-18(26)11-29-19-15(22)8-13(9-16(19)23)10-17-20(27)25-21(30-17)24-14-6-4-12(2)5-7-14/h4-10H,3,11H2,1-2H3,(H,24,25,27)/b17-10+. The van der Waals surface area contributed by atoms with Crippen molar-refractivity contribution < 1.29 is 19.1 Å². The molecule has 0 saturated carbocycles. The number of hydrogen-bond acceptors (Lipinski definition) is 6. The predicted molar refractivity (Wildman–Crippen MR) is 136 cm³/mol. The van der Waals surface area contributed by atoms with E-state index < -0.39 is 5.97 Å². The number of carbonyl (C=O) groups excluding carboxylic acids is 2. The number of carbonyl (C=O) groups is 2. The van der Waals surface area contributed by atoms with Crippen LogP contribution in [0, 0.1) is 14.1 Å². The summed E-state index contributed by atoms with van der Waals surface area (Å²) in [5.74, 6) is 0.0322. The molecule has 0 spiro atoms. The van der Waals surface area contributed by atoms with Crippen molar-refractivity contribution in [3.05, 3.63) is 59.6 Å². The minimum Gasteiger partial charge on any atom is -0.480 e. The monoisotopic (exact) mass is 648 g/mol. The second-order valence-electron chi connectivity index (χ2n) is 6.22. The Balaban J connectivity index is 1.75. The van der Waals surface area contributed by atoms with Gasteiger partial charge in [0.05, 0.1) is 24.3 Å². The van der Waals surface area contributed by atoms with E-state index in [9.17, 15) is 9.59 Å². The third-order valence-corrected chi connectivity index (χ3v) is 6.39. The summed E-state index contributed by atoms with van der Waals surface area (Å²) in [7, 11) is 0. The first-order valence-corrected chi connectivity index (χ1v) is 12.0. The molecule has 0 atom stereocenters. The van der Waals surface area contributed by atoms with Gasteiger partial charge in [-0.05, 0) is 107 Å². The quantitative estimate of drug-likeness (QED) is 0.270. The van der Waals surface area contributed by atoms with Crippen LogP contribution in [0.4, 0.5) is 5.69 Å². The number of nitrogens with zero attached hydrogens (tertiary/aromatic N) is 1. The molecule has 1 aliphatic rings. The Kier molecular flexibility index (Phi) is 8.17. The minimum atomic E-state index is -0.408. The average Bonchev–Trinajstić information content (AvgIpc) is 3.02. The van der Waals surface area contributed by atoms with Gasteiger partial charge in [0.2, 0.25) is 0 Å². The molecular formula is C21H18I2N2O4S. The van der Waals surface area contributed by atoms with Crippen molar-refractivity contribution in [3.63, 3.8) is 0 Å². The highest BCUT2D eigenvalue weighted by Gasteiger charge is 2.24. The molecule has 156 valence electrons. The van der Waals surface area contributed by atoms with E-state index in [-0.39, 0.29) is 12.5 Å². The van der Waals surface area contributed by atoms with Crippen molar-refractivity contribution >= 4 is 85.8 Å².